The maximum absolute atomic E-state index is 13.8. The fourth-order valence-corrected chi connectivity index (χ4v) is 2.31. The van der Waals surface area contributed by atoms with Gasteiger partial charge in [0.25, 0.3) is 0 Å². The zero-order valence-electron chi connectivity index (χ0n) is 9.58. The molecule has 0 bridgehead atoms. The van der Waals surface area contributed by atoms with E-state index < -0.39 is 17.7 Å². The fourth-order valence-electron chi connectivity index (χ4n) is 1.69. The van der Waals surface area contributed by atoms with Crippen molar-refractivity contribution in [1.29, 1.82) is 0 Å². The fraction of sp³-hybridized carbons (Fsp3) is 0.154. The van der Waals surface area contributed by atoms with Crippen LogP contribution in [0.15, 0.2) is 34.9 Å². The summed E-state index contributed by atoms with van der Waals surface area (Å²) in [5.74, 6) is -1.45. The zero-order valence-corrected chi connectivity index (χ0v) is 11.9. The minimum Gasteiger partial charge on any atom is -0.386 e. The van der Waals surface area contributed by atoms with Gasteiger partial charge < -0.3 is 5.11 Å². The predicted octanol–water partition coefficient (Wildman–Crippen LogP) is 4.05. The molecular weight excluding hydrogens is 340 g/mol. The van der Waals surface area contributed by atoms with Crippen molar-refractivity contribution in [3.05, 3.63) is 62.8 Å². The lowest BCUT2D eigenvalue weighted by molar-refractivity contribution is 0.171. The molecule has 100 valence electrons. The van der Waals surface area contributed by atoms with E-state index in [0.29, 0.717) is 0 Å². The van der Waals surface area contributed by atoms with Gasteiger partial charge in [0.15, 0.2) is 0 Å². The Bertz CT molecular complexity index is 609. The molecule has 0 aliphatic rings. The minimum atomic E-state index is -1.17. The Morgan fingerprint density at radius 2 is 2.05 bits per heavy atom. The van der Waals surface area contributed by atoms with Crippen molar-refractivity contribution in [1.82, 2.24) is 4.98 Å². The molecule has 1 aromatic carbocycles. The van der Waals surface area contributed by atoms with Crippen molar-refractivity contribution in [2.75, 3.05) is 0 Å². The summed E-state index contributed by atoms with van der Waals surface area (Å²) in [6.07, 6.45) is 0.0401. The summed E-state index contributed by atoms with van der Waals surface area (Å²) in [5.41, 5.74) is -0.00784. The lowest BCUT2D eigenvalue weighted by Crippen LogP contribution is -2.08. The number of hydrogen-bond acceptors (Lipinski definition) is 2. The molecule has 2 aromatic rings. The van der Waals surface area contributed by atoms with E-state index in [1.807, 2.05) is 0 Å². The van der Waals surface area contributed by atoms with Crippen LogP contribution in [-0.4, -0.2) is 10.1 Å². The van der Waals surface area contributed by atoms with Crippen LogP contribution in [-0.2, 0) is 6.42 Å². The number of aliphatic hydroxyl groups is 1. The lowest BCUT2D eigenvalue weighted by atomic mass is 10.0. The van der Waals surface area contributed by atoms with Crippen molar-refractivity contribution in [3.8, 4) is 0 Å². The van der Waals surface area contributed by atoms with E-state index in [0.717, 1.165) is 6.07 Å². The molecule has 19 heavy (non-hydrogen) atoms. The number of aromatic nitrogens is 1. The van der Waals surface area contributed by atoms with Crippen LogP contribution in [0.1, 0.15) is 17.4 Å². The van der Waals surface area contributed by atoms with Crippen molar-refractivity contribution in [2.45, 2.75) is 12.5 Å². The first-order valence-electron chi connectivity index (χ1n) is 5.41. The molecule has 6 heteroatoms. The first kappa shape index (κ1) is 14.4. The van der Waals surface area contributed by atoms with Gasteiger partial charge in [-0.15, -0.1) is 0 Å². The number of rotatable bonds is 3. The molecule has 0 aliphatic heterocycles. The monoisotopic (exact) mass is 347 g/mol. The van der Waals surface area contributed by atoms with Gasteiger partial charge in [0, 0.05) is 18.2 Å². The number of aliphatic hydroxyl groups excluding tert-OH is 1. The Labute approximate surface area is 122 Å². The van der Waals surface area contributed by atoms with Crippen LogP contribution >= 0.6 is 27.5 Å². The van der Waals surface area contributed by atoms with Crippen LogP contribution in [0.2, 0.25) is 5.02 Å². The van der Waals surface area contributed by atoms with E-state index in [-0.39, 0.29) is 27.2 Å². The van der Waals surface area contributed by atoms with Gasteiger partial charge >= 0.3 is 0 Å². The molecule has 0 aliphatic carbocycles. The molecule has 0 radical (unpaired) electrons. The maximum atomic E-state index is 13.8. The van der Waals surface area contributed by atoms with Crippen molar-refractivity contribution in [2.24, 2.45) is 0 Å². The molecule has 1 heterocycles. The number of hydrogen-bond donors (Lipinski definition) is 1. The second-order valence-electron chi connectivity index (χ2n) is 3.91. The number of pyridine rings is 1. The average molecular weight is 349 g/mol. The zero-order chi connectivity index (χ0) is 14.0. The SMILES string of the molecule is OC(Cc1c(F)ccc(Br)c1F)c1ncccc1Cl. The van der Waals surface area contributed by atoms with Crippen LogP contribution < -0.4 is 0 Å². The summed E-state index contributed by atoms with van der Waals surface area (Å²) in [7, 11) is 0. The quantitative estimate of drug-likeness (QED) is 0.849. The molecule has 1 unspecified atom stereocenters. The van der Waals surface area contributed by atoms with Crippen LogP contribution in [0.5, 0.6) is 0 Å². The van der Waals surface area contributed by atoms with E-state index in [1.165, 1.54) is 12.3 Å². The topological polar surface area (TPSA) is 33.1 Å². The van der Waals surface area contributed by atoms with Gasteiger partial charge in [-0.05, 0) is 40.2 Å². The average Bonchev–Trinajstić information content (AvgIpc) is 2.39. The highest BCUT2D eigenvalue weighted by Crippen LogP contribution is 2.28. The van der Waals surface area contributed by atoms with Crippen molar-refractivity contribution >= 4 is 27.5 Å². The molecule has 0 saturated heterocycles. The van der Waals surface area contributed by atoms with Crippen LogP contribution in [0.3, 0.4) is 0 Å². The van der Waals surface area contributed by atoms with Gasteiger partial charge in [0.05, 0.1) is 15.2 Å². The van der Waals surface area contributed by atoms with Gasteiger partial charge in [-0.3, -0.25) is 4.98 Å². The first-order valence-corrected chi connectivity index (χ1v) is 6.58. The van der Waals surface area contributed by atoms with Gasteiger partial charge in [-0.2, -0.15) is 0 Å². The van der Waals surface area contributed by atoms with E-state index in [2.05, 4.69) is 20.9 Å². The Morgan fingerprint density at radius 3 is 2.74 bits per heavy atom. The smallest absolute Gasteiger partial charge is 0.143 e. The molecule has 0 amide bonds. The predicted molar refractivity (Wildman–Crippen MR) is 72.0 cm³/mol. The normalized spacial score (nSPS) is 12.5. The molecule has 0 spiro atoms. The van der Waals surface area contributed by atoms with Crippen molar-refractivity contribution < 1.29 is 13.9 Å². The second kappa shape index (κ2) is 5.94. The molecule has 1 atom stereocenters. The van der Waals surface area contributed by atoms with Crippen LogP contribution in [0.4, 0.5) is 8.78 Å². The molecular formula is C13H9BrClF2NO. The highest BCUT2D eigenvalue weighted by molar-refractivity contribution is 9.10. The maximum Gasteiger partial charge on any atom is 0.143 e. The molecule has 2 rings (SSSR count). The largest absolute Gasteiger partial charge is 0.386 e. The highest BCUT2D eigenvalue weighted by Gasteiger charge is 2.19. The minimum absolute atomic E-state index is 0.142. The summed E-state index contributed by atoms with van der Waals surface area (Å²) in [5, 5.41) is 10.3. The summed E-state index contributed by atoms with van der Waals surface area (Å²) in [4.78, 5) is 3.92. The lowest BCUT2D eigenvalue weighted by Gasteiger charge is -2.13. The van der Waals surface area contributed by atoms with Crippen LogP contribution in [0.25, 0.3) is 0 Å². The number of nitrogens with zero attached hydrogens (tertiary/aromatic N) is 1. The number of halogens is 4. The second-order valence-corrected chi connectivity index (χ2v) is 5.17. The standard InChI is InChI=1S/C13H9BrClF2NO/c14-8-3-4-10(16)7(12(8)17)6-11(19)13-9(15)2-1-5-18-13/h1-5,11,19H,6H2. The molecule has 0 saturated carbocycles. The summed E-state index contributed by atoms with van der Waals surface area (Å²) in [6.45, 7) is 0. The van der Waals surface area contributed by atoms with Gasteiger partial charge in [-0.1, -0.05) is 11.6 Å². The molecule has 1 N–H and O–H groups in total. The molecule has 0 fully saturated rings. The Kier molecular flexibility index (Phi) is 4.50. The first-order chi connectivity index (χ1) is 9.00. The summed E-state index contributed by atoms with van der Waals surface area (Å²) >= 11 is 8.85. The molecule has 2 nitrogen and oxygen atoms in total. The van der Waals surface area contributed by atoms with Gasteiger partial charge in [0.1, 0.15) is 17.7 Å². The van der Waals surface area contributed by atoms with Crippen molar-refractivity contribution in [3.63, 3.8) is 0 Å². The molecule has 1 aromatic heterocycles. The van der Waals surface area contributed by atoms with E-state index >= 15 is 0 Å². The Balaban J connectivity index is 2.32. The van der Waals surface area contributed by atoms with Crippen LogP contribution in [0, 0.1) is 11.6 Å². The third kappa shape index (κ3) is 3.11. The summed E-state index contributed by atoms with van der Waals surface area (Å²) < 4.78 is 27.5. The van der Waals surface area contributed by atoms with Gasteiger partial charge in [0.2, 0.25) is 0 Å². The van der Waals surface area contributed by atoms with Gasteiger partial charge in [-0.25, -0.2) is 8.78 Å². The van der Waals surface area contributed by atoms with E-state index in [4.69, 9.17) is 11.6 Å². The Morgan fingerprint density at radius 1 is 1.32 bits per heavy atom. The highest BCUT2D eigenvalue weighted by atomic mass is 79.9. The summed E-state index contributed by atoms with van der Waals surface area (Å²) in [6, 6.07) is 5.57. The Hall–Kier alpha value is -1.04. The third-order valence-electron chi connectivity index (χ3n) is 2.64. The number of benzene rings is 1. The van der Waals surface area contributed by atoms with E-state index in [1.54, 1.807) is 12.1 Å². The van der Waals surface area contributed by atoms with E-state index in [9.17, 15) is 13.9 Å². The third-order valence-corrected chi connectivity index (χ3v) is 3.57.